The quantitative estimate of drug-likeness (QED) is 0.682. The molecule has 0 aliphatic heterocycles. The van der Waals surface area contributed by atoms with E-state index in [1.807, 2.05) is 0 Å². The minimum atomic E-state index is -0.277. The van der Waals surface area contributed by atoms with Crippen molar-refractivity contribution in [3.8, 4) is 6.07 Å². The van der Waals surface area contributed by atoms with Crippen LogP contribution in [0, 0.1) is 23.2 Å². The van der Waals surface area contributed by atoms with Crippen molar-refractivity contribution in [1.29, 1.82) is 5.26 Å². The van der Waals surface area contributed by atoms with Crippen molar-refractivity contribution in [2.45, 2.75) is 51.5 Å². The third kappa shape index (κ3) is 3.46. The Morgan fingerprint density at radius 3 is 2.44 bits per heavy atom. The second kappa shape index (κ2) is 6.04. The highest BCUT2D eigenvalue weighted by atomic mass is 15.2. The summed E-state index contributed by atoms with van der Waals surface area (Å²) in [5.74, 6) is 1.49. The zero-order chi connectivity index (χ0) is 13.0. The Morgan fingerprint density at radius 1 is 1.28 bits per heavy atom. The number of rotatable bonds is 9. The van der Waals surface area contributed by atoms with Crippen LogP contribution in [-0.2, 0) is 0 Å². The molecular formula is C15H27N3. The Morgan fingerprint density at radius 2 is 2.00 bits per heavy atom. The molecule has 0 aromatic carbocycles. The van der Waals surface area contributed by atoms with Crippen LogP contribution in [0.15, 0.2) is 0 Å². The molecule has 0 aromatic heterocycles. The summed E-state index contributed by atoms with van der Waals surface area (Å²) in [5, 5.41) is 13.2. The van der Waals surface area contributed by atoms with Crippen molar-refractivity contribution in [2.75, 3.05) is 26.2 Å². The highest BCUT2D eigenvalue weighted by Gasteiger charge is 2.46. The van der Waals surface area contributed by atoms with Crippen molar-refractivity contribution in [2.24, 2.45) is 11.8 Å². The van der Waals surface area contributed by atoms with E-state index in [2.05, 4.69) is 30.1 Å². The molecule has 0 saturated heterocycles. The Balaban J connectivity index is 1.95. The van der Waals surface area contributed by atoms with Crippen LogP contribution in [0.3, 0.4) is 0 Å². The molecule has 0 spiro atoms. The van der Waals surface area contributed by atoms with Crippen LogP contribution in [-0.4, -0.2) is 36.6 Å². The lowest BCUT2D eigenvalue weighted by Gasteiger charge is -2.34. The smallest absolute Gasteiger partial charge is 0.122 e. The summed E-state index contributed by atoms with van der Waals surface area (Å²) < 4.78 is 0. The van der Waals surface area contributed by atoms with Gasteiger partial charge in [0.2, 0.25) is 0 Å². The number of hydrogen-bond donors (Lipinski definition) is 1. The lowest BCUT2D eigenvalue weighted by molar-refractivity contribution is 0.197. The SMILES string of the molecule is CCCNC(C#N)(CN(CC)CC1CC1)C1CC1. The number of likely N-dealkylation sites (N-methyl/N-ethyl adjacent to an activating group) is 1. The maximum Gasteiger partial charge on any atom is 0.122 e. The van der Waals surface area contributed by atoms with Gasteiger partial charge in [-0.1, -0.05) is 13.8 Å². The molecule has 1 N–H and O–H groups in total. The minimum Gasteiger partial charge on any atom is -0.300 e. The first kappa shape index (κ1) is 13.8. The maximum atomic E-state index is 9.67. The van der Waals surface area contributed by atoms with Crippen molar-refractivity contribution >= 4 is 0 Å². The third-order valence-electron chi connectivity index (χ3n) is 4.30. The van der Waals surface area contributed by atoms with E-state index in [9.17, 15) is 5.26 Å². The lowest BCUT2D eigenvalue weighted by Crippen LogP contribution is -2.55. The Hall–Kier alpha value is -0.590. The zero-order valence-corrected chi connectivity index (χ0v) is 11.9. The van der Waals surface area contributed by atoms with Crippen molar-refractivity contribution in [3.05, 3.63) is 0 Å². The van der Waals surface area contributed by atoms with Crippen molar-refractivity contribution < 1.29 is 0 Å². The second-order valence-electron chi connectivity index (χ2n) is 6.06. The van der Waals surface area contributed by atoms with Gasteiger partial charge in [-0.05, 0) is 57.0 Å². The normalized spacial score (nSPS) is 22.8. The standard InChI is InChI=1S/C15H27N3/c1-3-9-17-15(11-16,14-7-8-14)12-18(4-2)10-13-5-6-13/h13-14,17H,3-10,12H2,1-2H3. The minimum absolute atomic E-state index is 0.277. The first-order valence-electron chi connectivity index (χ1n) is 7.62. The van der Waals surface area contributed by atoms with Crippen molar-refractivity contribution in [3.63, 3.8) is 0 Å². The van der Waals surface area contributed by atoms with Crippen LogP contribution in [0.25, 0.3) is 0 Å². The fraction of sp³-hybridized carbons (Fsp3) is 0.933. The van der Waals surface area contributed by atoms with E-state index >= 15 is 0 Å². The van der Waals surface area contributed by atoms with Gasteiger partial charge in [0.1, 0.15) is 5.54 Å². The van der Waals surface area contributed by atoms with Gasteiger partial charge in [-0.25, -0.2) is 0 Å². The summed E-state index contributed by atoms with van der Waals surface area (Å²) >= 11 is 0. The molecule has 2 saturated carbocycles. The summed E-state index contributed by atoms with van der Waals surface area (Å²) in [6.45, 7) is 8.54. The molecule has 2 rings (SSSR count). The Kier molecular flexibility index (Phi) is 4.64. The molecule has 3 heteroatoms. The van der Waals surface area contributed by atoms with E-state index in [4.69, 9.17) is 0 Å². The molecule has 2 aliphatic carbocycles. The number of hydrogen-bond acceptors (Lipinski definition) is 3. The average molecular weight is 249 g/mol. The molecule has 1 atom stereocenters. The molecule has 18 heavy (non-hydrogen) atoms. The van der Waals surface area contributed by atoms with Gasteiger partial charge >= 0.3 is 0 Å². The monoisotopic (exact) mass is 249 g/mol. The van der Waals surface area contributed by atoms with Gasteiger partial charge in [0, 0.05) is 13.1 Å². The van der Waals surface area contributed by atoms with Gasteiger partial charge in [0.05, 0.1) is 6.07 Å². The first-order chi connectivity index (χ1) is 8.74. The molecule has 0 radical (unpaired) electrons. The van der Waals surface area contributed by atoms with Gasteiger partial charge in [-0.15, -0.1) is 0 Å². The summed E-state index contributed by atoms with van der Waals surface area (Å²) in [7, 11) is 0. The van der Waals surface area contributed by atoms with Crippen molar-refractivity contribution in [1.82, 2.24) is 10.2 Å². The zero-order valence-electron chi connectivity index (χ0n) is 11.9. The van der Waals surface area contributed by atoms with E-state index in [1.54, 1.807) is 0 Å². The summed E-state index contributed by atoms with van der Waals surface area (Å²) in [4.78, 5) is 2.49. The molecule has 0 bridgehead atoms. The van der Waals surface area contributed by atoms with Crippen LogP contribution in [0.4, 0.5) is 0 Å². The topological polar surface area (TPSA) is 39.1 Å². The van der Waals surface area contributed by atoms with Crippen LogP contribution in [0.5, 0.6) is 0 Å². The summed E-state index contributed by atoms with van der Waals surface area (Å²) in [5.41, 5.74) is -0.277. The van der Waals surface area contributed by atoms with Gasteiger partial charge in [-0.2, -0.15) is 5.26 Å². The van der Waals surface area contributed by atoms with E-state index in [0.717, 1.165) is 32.0 Å². The molecule has 0 amide bonds. The predicted molar refractivity (Wildman–Crippen MR) is 74.2 cm³/mol. The summed E-state index contributed by atoms with van der Waals surface area (Å²) in [6, 6.07) is 2.62. The number of nitrogens with zero attached hydrogens (tertiary/aromatic N) is 2. The summed E-state index contributed by atoms with van der Waals surface area (Å²) in [6.07, 6.45) is 6.34. The molecule has 1 unspecified atom stereocenters. The number of nitrogens with one attached hydrogen (secondary N) is 1. The Labute approximate surface area is 112 Å². The van der Waals surface area contributed by atoms with Crippen LogP contribution in [0.2, 0.25) is 0 Å². The van der Waals surface area contributed by atoms with E-state index in [-0.39, 0.29) is 5.54 Å². The Bertz CT molecular complexity index is 301. The highest BCUT2D eigenvalue weighted by Crippen LogP contribution is 2.40. The fourth-order valence-corrected chi connectivity index (χ4v) is 2.74. The van der Waals surface area contributed by atoms with Gasteiger partial charge in [0.25, 0.3) is 0 Å². The van der Waals surface area contributed by atoms with Crippen LogP contribution >= 0.6 is 0 Å². The second-order valence-corrected chi connectivity index (χ2v) is 6.06. The van der Waals surface area contributed by atoms with Crippen LogP contribution in [0.1, 0.15) is 46.0 Å². The molecule has 102 valence electrons. The molecule has 0 aromatic rings. The fourth-order valence-electron chi connectivity index (χ4n) is 2.74. The van der Waals surface area contributed by atoms with E-state index in [1.165, 1.54) is 32.2 Å². The van der Waals surface area contributed by atoms with E-state index in [0.29, 0.717) is 5.92 Å². The van der Waals surface area contributed by atoms with Gasteiger partial charge < -0.3 is 4.90 Å². The molecule has 2 fully saturated rings. The maximum absolute atomic E-state index is 9.67. The molecular weight excluding hydrogens is 222 g/mol. The largest absolute Gasteiger partial charge is 0.300 e. The lowest BCUT2D eigenvalue weighted by atomic mass is 9.93. The predicted octanol–water partition coefficient (Wildman–Crippen LogP) is 2.39. The highest BCUT2D eigenvalue weighted by molar-refractivity contribution is 5.16. The molecule has 0 heterocycles. The third-order valence-corrected chi connectivity index (χ3v) is 4.30. The van der Waals surface area contributed by atoms with E-state index < -0.39 is 0 Å². The average Bonchev–Trinajstić information content (AvgIpc) is 3.26. The molecule has 3 nitrogen and oxygen atoms in total. The van der Waals surface area contributed by atoms with Crippen LogP contribution < -0.4 is 5.32 Å². The van der Waals surface area contributed by atoms with Gasteiger partial charge in [0.15, 0.2) is 0 Å². The number of nitriles is 1. The molecule has 2 aliphatic rings. The first-order valence-corrected chi connectivity index (χ1v) is 7.62. The van der Waals surface area contributed by atoms with Gasteiger partial charge in [-0.3, -0.25) is 5.32 Å².